The van der Waals surface area contributed by atoms with Crippen LogP contribution in [0.1, 0.15) is 53.3 Å². The maximum Gasteiger partial charge on any atom is 0.131 e. The number of aryl methyl sites for hydroxylation is 3. The van der Waals surface area contributed by atoms with Crippen LogP contribution in [0.25, 0.3) is 0 Å². The van der Waals surface area contributed by atoms with Crippen LogP contribution < -0.4 is 0 Å². The van der Waals surface area contributed by atoms with Crippen molar-refractivity contribution in [2.45, 2.75) is 51.7 Å². The van der Waals surface area contributed by atoms with Crippen molar-refractivity contribution in [2.24, 2.45) is 0 Å². The summed E-state index contributed by atoms with van der Waals surface area (Å²) in [6, 6.07) is 2.17. The fraction of sp³-hybridized carbons (Fsp3) is 0.533. The number of nitrogens with zero attached hydrogens (tertiary/aromatic N) is 2. The molecule has 1 N–H and O–H groups in total. The van der Waals surface area contributed by atoms with Crippen LogP contribution >= 0.6 is 22.9 Å². The predicted octanol–water partition coefficient (Wildman–Crippen LogP) is 3.97. The zero-order chi connectivity index (χ0) is 14.1. The third-order valence-corrected chi connectivity index (χ3v) is 5.51. The molecule has 0 amide bonds. The Morgan fingerprint density at radius 1 is 1.40 bits per heavy atom. The van der Waals surface area contributed by atoms with Gasteiger partial charge in [0.05, 0.1) is 16.9 Å². The maximum absolute atomic E-state index is 10.7. The van der Waals surface area contributed by atoms with E-state index in [2.05, 4.69) is 11.2 Å². The van der Waals surface area contributed by atoms with E-state index in [-0.39, 0.29) is 0 Å². The SMILES string of the molecule is CCn1ncc(Cl)c1C(O)c1cc2c(s1)CCCCC2. The molecule has 0 bridgehead atoms. The van der Waals surface area contributed by atoms with E-state index >= 15 is 0 Å². The predicted molar refractivity (Wildman–Crippen MR) is 82.6 cm³/mol. The second-order valence-electron chi connectivity index (χ2n) is 5.25. The molecular weight excluding hydrogens is 292 g/mol. The van der Waals surface area contributed by atoms with Crippen LogP contribution in [0.3, 0.4) is 0 Å². The largest absolute Gasteiger partial charge is 0.381 e. The highest BCUT2D eigenvalue weighted by Gasteiger charge is 2.23. The highest BCUT2D eigenvalue weighted by atomic mass is 35.5. The topological polar surface area (TPSA) is 38.0 Å². The first-order chi connectivity index (χ1) is 9.70. The Morgan fingerprint density at radius 2 is 2.20 bits per heavy atom. The van der Waals surface area contributed by atoms with Crippen molar-refractivity contribution in [1.82, 2.24) is 9.78 Å². The van der Waals surface area contributed by atoms with Gasteiger partial charge in [0, 0.05) is 16.3 Å². The highest BCUT2D eigenvalue weighted by Crippen LogP contribution is 2.36. The van der Waals surface area contributed by atoms with E-state index in [4.69, 9.17) is 11.6 Å². The number of aliphatic hydroxyl groups excluding tert-OH is 1. The van der Waals surface area contributed by atoms with Gasteiger partial charge in [0.15, 0.2) is 0 Å². The summed E-state index contributed by atoms with van der Waals surface area (Å²) in [7, 11) is 0. The van der Waals surface area contributed by atoms with E-state index in [0.717, 1.165) is 17.7 Å². The summed E-state index contributed by atoms with van der Waals surface area (Å²) in [5, 5.41) is 15.4. The first-order valence-corrected chi connectivity index (χ1v) is 8.41. The molecule has 0 fully saturated rings. The molecule has 2 heterocycles. The van der Waals surface area contributed by atoms with Crippen LogP contribution in [-0.4, -0.2) is 14.9 Å². The Kier molecular flexibility index (Phi) is 4.15. The lowest BCUT2D eigenvalue weighted by atomic mass is 10.1. The van der Waals surface area contributed by atoms with E-state index in [1.165, 1.54) is 29.7 Å². The normalized spacial score (nSPS) is 16.8. The summed E-state index contributed by atoms with van der Waals surface area (Å²) in [4.78, 5) is 2.43. The van der Waals surface area contributed by atoms with Crippen LogP contribution in [-0.2, 0) is 19.4 Å². The van der Waals surface area contributed by atoms with Gasteiger partial charge in [0.2, 0.25) is 0 Å². The number of rotatable bonds is 3. The van der Waals surface area contributed by atoms with Gasteiger partial charge in [-0.2, -0.15) is 5.10 Å². The fourth-order valence-corrected chi connectivity index (χ4v) is 4.35. The van der Waals surface area contributed by atoms with Crippen molar-refractivity contribution in [3.8, 4) is 0 Å². The number of hydrogen-bond donors (Lipinski definition) is 1. The van der Waals surface area contributed by atoms with Gasteiger partial charge in [-0.3, -0.25) is 4.68 Å². The van der Waals surface area contributed by atoms with Crippen LogP contribution in [0.4, 0.5) is 0 Å². The molecule has 0 aliphatic heterocycles. The van der Waals surface area contributed by atoms with E-state index in [9.17, 15) is 5.11 Å². The quantitative estimate of drug-likeness (QED) is 0.871. The first-order valence-electron chi connectivity index (χ1n) is 7.21. The van der Waals surface area contributed by atoms with Gasteiger partial charge in [-0.1, -0.05) is 18.0 Å². The first kappa shape index (κ1) is 14.1. The lowest BCUT2D eigenvalue weighted by Crippen LogP contribution is -2.08. The average Bonchev–Trinajstić information content (AvgIpc) is 2.95. The van der Waals surface area contributed by atoms with E-state index < -0.39 is 6.10 Å². The number of fused-ring (bicyclic) bond motifs is 1. The van der Waals surface area contributed by atoms with Crippen LogP contribution in [0.2, 0.25) is 5.02 Å². The van der Waals surface area contributed by atoms with Crippen molar-refractivity contribution >= 4 is 22.9 Å². The number of thiophene rings is 1. The molecule has 1 aliphatic rings. The molecule has 2 aromatic heterocycles. The van der Waals surface area contributed by atoms with Gasteiger partial charge in [0.25, 0.3) is 0 Å². The molecule has 3 rings (SSSR count). The second-order valence-corrected chi connectivity index (χ2v) is 6.83. The molecular formula is C15H19ClN2OS. The zero-order valence-electron chi connectivity index (χ0n) is 11.6. The van der Waals surface area contributed by atoms with Gasteiger partial charge in [-0.25, -0.2) is 0 Å². The molecule has 0 aromatic carbocycles. The summed E-state index contributed by atoms with van der Waals surface area (Å²) in [6.07, 6.45) is 7.06. The number of halogens is 1. The Hall–Kier alpha value is -0.840. The molecule has 1 unspecified atom stereocenters. The van der Waals surface area contributed by atoms with Crippen molar-refractivity contribution < 1.29 is 5.11 Å². The molecule has 2 aromatic rings. The Morgan fingerprint density at radius 3 is 3.00 bits per heavy atom. The van der Waals surface area contributed by atoms with Gasteiger partial charge in [0.1, 0.15) is 6.10 Å². The van der Waals surface area contributed by atoms with Gasteiger partial charge in [-0.15, -0.1) is 11.3 Å². The van der Waals surface area contributed by atoms with Gasteiger partial charge in [-0.05, 0) is 44.2 Å². The van der Waals surface area contributed by atoms with Crippen molar-refractivity contribution in [2.75, 3.05) is 0 Å². The third kappa shape index (κ3) is 2.52. The fourth-order valence-electron chi connectivity index (χ4n) is 2.86. The number of hydrogen-bond acceptors (Lipinski definition) is 3. The van der Waals surface area contributed by atoms with Crippen molar-refractivity contribution in [1.29, 1.82) is 0 Å². The number of aliphatic hydroxyl groups is 1. The Balaban J connectivity index is 1.94. The average molecular weight is 311 g/mol. The Bertz CT molecular complexity index is 582. The highest BCUT2D eigenvalue weighted by molar-refractivity contribution is 7.12. The molecule has 0 radical (unpaired) electrons. The molecule has 3 nitrogen and oxygen atoms in total. The second kappa shape index (κ2) is 5.88. The third-order valence-electron chi connectivity index (χ3n) is 3.93. The maximum atomic E-state index is 10.7. The van der Waals surface area contributed by atoms with E-state index in [1.807, 2.05) is 6.92 Å². The van der Waals surface area contributed by atoms with Gasteiger partial charge >= 0.3 is 0 Å². The van der Waals surface area contributed by atoms with Crippen LogP contribution in [0.15, 0.2) is 12.3 Å². The molecule has 0 spiro atoms. The van der Waals surface area contributed by atoms with Crippen LogP contribution in [0.5, 0.6) is 0 Å². The molecule has 5 heteroatoms. The minimum atomic E-state index is -0.665. The van der Waals surface area contributed by atoms with E-state index in [1.54, 1.807) is 22.2 Å². The molecule has 20 heavy (non-hydrogen) atoms. The molecule has 108 valence electrons. The minimum absolute atomic E-state index is 0.544. The van der Waals surface area contributed by atoms with Crippen LogP contribution in [0, 0.1) is 0 Å². The summed E-state index contributed by atoms with van der Waals surface area (Å²) in [5.41, 5.74) is 2.13. The molecule has 1 atom stereocenters. The summed E-state index contributed by atoms with van der Waals surface area (Å²) >= 11 is 7.92. The van der Waals surface area contributed by atoms with E-state index in [0.29, 0.717) is 17.3 Å². The summed E-state index contributed by atoms with van der Waals surface area (Å²) in [6.45, 7) is 2.72. The monoisotopic (exact) mass is 310 g/mol. The number of aromatic nitrogens is 2. The zero-order valence-corrected chi connectivity index (χ0v) is 13.2. The molecule has 0 saturated carbocycles. The lowest BCUT2D eigenvalue weighted by Gasteiger charge is -2.11. The molecule has 1 aliphatic carbocycles. The van der Waals surface area contributed by atoms with Crippen molar-refractivity contribution in [3.05, 3.63) is 38.3 Å². The summed E-state index contributed by atoms with van der Waals surface area (Å²) < 4.78 is 1.78. The van der Waals surface area contributed by atoms with Crippen molar-refractivity contribution in [3.63, 3.8) is 0 Å². The Labute approximate surface area is 128 Å². The smallest absolute Gasteiger partial charge is 0.131 e. The minimum Gasteiger partial charge on any atom is -0.381 e. The molecule has 0 saturated heterocycles. The summed E-state index contributed by atoms with van der Waals surface area (Å²) in [5.74, 6) is 0. The van der Waals surface area contributed by atoms with Gasteiger partial charge < -0.3 is 5.11 Å². The standard InChI is InChI=1S/C15H19ClN2OS/c1-2-18-14(11(16)9-17-18)15(19)13-8-10-6-4-3-5-7-12(10)20-13/h8-9,15,19H,2-7H2,1H3. The lowest BCUT2D eigenvalue weighted by molar-refractivity contribution is 0.212.